The standard InChI is InChI=1S/C28H27N3O5/c1-14(2)17-13-18(15(3)12-22(17)35-5)25(32)23-24(21-11-10-16(4)36-21)31(27(34)26(23)33)28-29-19-8-6-7-9-20(19)30-28/h6-14,24,32H,1-5H3,(H,29,30)/b25-23+. The predicted octanol–water partition coefficient (Wildman–Crippen LogP) is 5.53. The lowest BCUT2D eigenvalue weighted by atomic mass is 9.92. The van der Waals surface area contributed by atoms with Crippen molar-refractivity contribution in [2.24, 2.45) is 0 Å². The van der Waals surface area contributed by atoms with Gasteiger partial charge in [-0.1, -0.05) is 26.0 Å². The van der Waals surface area contributed by atoms with Crippen LogP contribution in [0.5, 0.6) is 5.75 Å². The maximum atomic E-state index is 13.4. The zero-order valence-corrected chi connectivity index (χ0v) is 20.7. The molecule has 184 valence electrons. The molecule has 1 aliphatic rings. The molecule has 8 nitrogen and oxygen atoms in total. The number of ketones is 1. The summed E-state index contributed by atoms with van der Waals surface area (Å²) in [5.74, 6) is 0.0810. The number of anilines is 1. The second kappa shape index (κ2) is 8.71. The Morgan fingerprint density at radius 2 is 1.89 bits per heavy atom. The van der Waals surface area contributed by atoms with Crippen molar-refractivity contribution in [2.45, 2.75) is 39.7 Å². The fourth-order valence-corrected chi connectivity index (χ4v) is 4.70. The van der Waals surface area contributed by atoms with Crippen LogP contribution in [0.1, 0.15) is 54.0 Å². The van der Waals surface area contributed by atoms with Crippen LogP contribution in [-0.4, -0.2) is 33.9 Å². The molecule has 3 heterocycles. The number of methoxy groups -OCH3 is 1. The second-order valence-electron chi connectivity index (χ2n) is 9.26. The number of amides is 1. The maximum Gasteiger partial charge on any atom is 0.302 e. The van der Waals surface area contributed by atoms with Crippen LogP contribution in [0.15, 0.2) is 58.5 Å². The molecule has 5 rings (SSSR count). The number of Topliss-reactive ketones (excluding diaryl/α,β-unsaturated/α-hetero) is 1. The molecule has 2 aromatic heterocycles. The molecule has 0 saturated carbocycles. The largest absolute Gasteiger partial charge is 0.507 e. The van der Waals surface area contributed by atoms with Crippen molar-refractivity contribution in [3.8, 4) is 5.75 Å². The molecule has 36 heavy (non-hydrogen) atoms. The highest BCUT2D eigenvalue weighted by molar-refractivity contribution is 6.51. The molecule has 1 aliphatic heterocycles. The Morgan fingerprint density at radius 3 is 2.53 bits per heavy atom. The van der Waals surface area contributed by atoms with Crippen LogP contribution in [0.4, 0.5) is 5.95 Å². The molecule has 1 saturated heterocycles. The number of hydrogen-bond acceptors (Lipinski definition) is 6. The van der Waals surface area contributed by atoms with Crippen molar-refractivity contribution in [2.75, 3.05) is 12.0 Å². The van der Waals surface area contributed by atoms with Crippen LogP contribution in [0, 0.1) is 13.8 Å². The molecular weight excluding hydrogens is 458 g/mol. The number of imidazole rings is 1. The van der Waals surface area contributed by atoms with E-state index in [0.717, 1.165) is 11.1 Å². The highest BCUT2D eigenvalue weighted by Gasteiger charge is 2.49. The molecule has 0 spiro atoms. The number of hydrogen-bond donors (Lipinski definition) is 2. The van der Waals surface area contributed by atoms with Crippen LogP contribution >= 0.6 is 0 Å². The predicted molar refractivity (Wildman–Crippen MR) is 136 cm³/mol. The van der Waals surface area contributed by atoms with E-state index in [2.05, 4.69) is 9.97 Å². The van der Waals surface area contributed by atoms with E-state index in [1.165, 1.54) is 4.90 Å². The Balaban J connectivity index is 1.74. The number of aliphatic hydroxyl groups is 1. The number of nitrogens with one attached hydrogen (secondary N) is 1. The third-order valence-electron chi connectivity index (χ3n) is 6.53. The van der Waals surface area contributed by atoms with Gasteiger partial charge in [-0.25, -0.2) is 4.98 Å². The number of benzene rings is 2. The number of carbonyl (C=O) groups excluding carboxylic acids is 2. The Kier molecular flexibility index (Phi) is 5.67. The van der Waals surface area contributed by atoms with Crippen LogP contribution in [0.2, 0.25) is 0 Å². The summed E-state index contributed by atoms with van der Waals surface area (Å²) < 4.78 is 11.4. The number of para-hydroxylation sites is 2. The van der Waals surface area contributed by atoms with Gasteiger partial charge in [-0.2, -0.15) is 0 Å². The zero-order valence-electron chi connectivity index (χ0n) is 20.7. The first-order chi connectivity index (χ1) is 17.2. The fraction of sp³-hybridized carbons (Fsp3) is 0.250. The monoisotopic (exact) mass is 485 g/mol. The third kappa shape index (κ3) is 3.66. The molecule has 2 N–H and O–H groups in total. The normalized spacial score (nSPS) is 17.5. The van der Waals surface area contributed by atoms with Gasteiger partial charge in [0.2, 0.25) is 5.95 Å². The molecule has 1 fully saturated rings. The molecule has 0 bridgehead atoms. The van der Waals surface area contributed by atoms with E-state index in [1.807, 2.05) is 57.2 Å². The number of aliphatic hydroxyl groups excluding tert-OH is 1. The summed E-state index contributed by atoms with van der Waals surface area (Å²) in [6, 6.07) is 13.4. The van der Waals surface area contributed by atoms with Crippen LogP contribution in [-0.2, 0) is 9.59 Å². The Bertz CT molecular complexity index is 1510. The summed E-state index contributed by atoms with van der Waals surface area (Å²) in [5.41, 5.74) is 3.35. The van der Waals surface area contributed by atoms with E-state index < -0.39 is 17.7 Å². The third-order valence-corrected chi connectivity index (χ3v) is 6.53. The van der Waals surface area contributed by atoms with Crippen molar-refractivity contribution in [1.29, 1.82) is 0 Å². The SMILES string of the molecule is COc1cc(C)c(/C(O)=C2\C(=O)C(=O)N(c3nc4ccccc4[nH]3)C2c2ccc(C)o2)cc1C(C)C. The van der Waals surface area contributed by atoms with Gasteiger partial charge < -0.3 is 19.2 Å². The molecule has 1 amide bonds. The number of rotatable bonds is 5. The topological polar surface area (TPSA) is 109 Å². The van der Waals surface area contributed by atoms with Gasteiger partial charge in [0.25, 0.3) is 5.78 Å². The first-order valence-corrected chi connectivity index (χ1v) is 11.7. The smallest absolute Gasteiger partial charge is 0.302 e. The molecule has 1 unspecified atom stereocenters. The second-order valence-corrected chi connectivity index (χ2v) is 9.26. The van der Waals surface area contributed by atoms with Gasteiger partial charge in [0.1, 0.15) is 29.1 Å². The average molecular weight is 486 g/mol. The number of aromatic nitrogens is 2. The van der Waals surface area contributed by atoms with E-state index in [9.17, 15) is 14.7 Å². The number of ether oxygens (including phenoxy) is 1. The zero-order chi connectivity index (χ0) is 25.7. The average Bonchev–Trinajstić information content (AvgIpc) is 3.54. The Hall–Kier alpha value is -4.33. The number of furan rings is 1. The van der Waals surface area contributed by atoms with Gasteiger partial charge in [0, 0.05) is 5.56 Å². The van der Waals surface area contributed by atoms with Gasteiger partial charge in [-0.3, -0.25) is 14.5 Å². The summed E-state index contributed by atoms with van der Waals surface area (Å²) in [7, 11) is 1.60. The van der Waals surface area contributed by atoms with Gasteiger partial charge in [0.15, 0.2) is 0 Å². The highest BCUT2D eigenvalue weighted by Crippen LogP contribution is 2.43. The summed E-state index contributed by atoms with van der Waals surface area (Å²) in [6.07, 6.45) is 0. The molecule has 1 atom stereocenters. The van der Waals surface area contributed by atoms with Crippen LogP contribution in [0.25, 0.3) is 16.8 Å². The van der Waals surface area contributed by atoms with Gasteiger partial charge in [-0.05, 0) is 67.3 Å². The van der Waals surface area contributed by atoms with E-state index in [1.54, 1.807) is 26.2 Å². The number of nitrogens with zero attached hydrogens (tertiary/aromatic N) is 2. The van der Waals surface area contributed by atoms with Crippen molar-refractivity contribution in [3.63, 3.8) is 0 Å². The molecule has 0 radical (unpaired) electrons. The lowest BCUT2D eigenvalue weighted by molar-refractivity contribution is -0.132. The van der Waals surface area contributed by atoms with Crippen molar-refractivity contribution in [1.82, 2.24) is 9.97 Å². The van der Waals surface area contributed by atoms with Crippen LogP contribution in [0.3, 0.4) is 0 Å². The van der Waals surface area contributed by atoms with Gasteiger partial charge in [0.05, 0.1) is 23.7 Å². The molecule has 2 aromatic carbocycles. The van der Waals surface area contributed by atoms with Crippen molar-refractivity contribution >= 4 is 34.4 Å². The van der Waals surface area contributed by atoms with Crippen molar-refractivity contribution < 1.29 is 23.8 Å². The Morgan fingerprint density at radius 1 is 1.14 bits per heavy atom. The quantitative estimate of drug-likeness (QED) is 0.219. The van der Waals surface area contributed by atoms with Crippen molar-refractivity contribution in [3.05, 3.63) is 82.3 Å². The summed E-state index contributed by atoms with van der Waals surface area (Å²) >= 11 is 0. The van der Waals surface area contributed by atoms with Gasteiger partial charge in [-0.15, -0.1) is 0 Å². The number of H-pyrrole nitrogens is 1. The molecular formula is C28H27N3O5. The number of aryl methyl sites for hydroxylation is 2. The molecule has 0 aliphatic carbocycles. The van der Waals surface area contributed by atoms with Gasteiger partial charge >= 0.3 is 5.91 Å². The van der Waals surface area contributed by atoms with E-state index in [4.69, 9.17) is 9.15 Å². The maximum absolute atomic E-state index is 13.4. The fourth-order valence-electron chi connectivity index (χ4n) is 4.70. The van der Waals surface area contributed by atoms with Crippen LogP contribution < -0.4 is 9.64 Å². The minimum absolute atomic E-state index is 0.0576. The minimum atomic E-state index is -0.997. The number of aromatic amines is 1. The summed E-state index contributed by atoms with van der Waals surface area (Å²) in [4.78, 5) is 35.8. The lowest BCUT2D eigenvalue weighted by Gasteiger charge is -2.21. The van der Waals surface area contributed by atoms with E-state index >= 15 is 0 Å². The van der Waals surface area contributed by atoms with E-state index in [0.29, 0.717) is 33.9 Å². The Labute approximate surface area is 208 Å². The van der Waals surface area contributed by atoms with E-state index in [-0.39, 0.29) is 23.2 Å². The summed E-state index contributed by atoms with van der Waals surface area (Å²) in [6.45, 7) is 7.63. The highest BCUT2D eigenvalue weighted by atomic mass is 16.5. The number of fused-ring (bicyclic) bond motifs is 1. The lowest BCUT2D eigenvalue weighted by Crippen LogP contribution is -2.30. The summed E-state index contributed by atoms with van der Waals surface area (Å²) in [5, 5.41) is 11.6. The molecule has 4 aromatic rings. The molecule has 8 heteroatoms. The minimum Gasteiger partial charge on any atom is -0.507 e. The first-order valence-electron chi connectivity index (χ1n) is 11.7. The first kappa shape index (κ1) is 23.4. The number of carbonyl (C=O) groups is 2.